The Hall–Kier alpha value is -0.0800. The number of nitrogens with two attached hydrogens (primary N) is 1. The fourth-order valence-corrected chi connectivity index (χ4v) is 2.55. The van der Waals surface area contributed by atoms with Crippen molar-refractivity contribution in [2.75, 3.05) is 13.1 Å². The molecule has 1 atom stereocenters. The highest BCUT2D eigenvalue weighted by atomic mass is 14.9. The largest absolute Gasteiger partial charge is 0.330 e. The summed E-state index contributed by atoms with van der Waals surface area (Å²) in [5.41, 5.74) is 5.59. The Kier molecular flexibility index (Phi) is 6.26. The third kappa shape index (κ3) is 4.98. The van der Waals surface area contributed by atoms with Gasteiger partial charge in [0.1, 0.15) is 0 Å². The molecule has 0 spiro atoms. The van der Waals surface area contributed by atoms with Gasteiger partial charge in [0.05, 0.1) is 0 Å². The molecule has 0 amide bonds. The van der Waals surface area contributed by atoms with E-state index in [2.05, 4.69) is 19.2 Å². The van der Waals surface area contributed by atoms with E-state index in [-0.39, 0.29) is 0 Å². The van der Waals surface area contributed by atoms with Crippen LogP contribution in [0.4, 0.5) is 0 Å². The van der Waals surface area contributed by atoms with Crippen LogP contribution < -0.4 is 11.1 Å². The van der Waals surface area contributed by atoms with E-state index in [0.717, 1.165) is 24.4 Å². The first-order chi connectivity index (χ1) is 7.26. The van der Waals surface area contributed by atoms with Gasteiger partial charge in [-0.25, -0.2) is 0 Å². The zero-order chi connectivity index (χ0) is 11.1. The second kappa shape index (κ2) is 7.24. The zero-order valence-electron chi connectivity index (χ0n) is 10.5. The maximum absolute atomic E-state index is 5.59. The van der Waals surface area contributed by atoms with Crippen molar-refractivity contribution in [3.05, 3.63) is 0 Å². The monoisotopic (exact) mass is 212 g/mol. The van der Waals surface area contributed by atoms with Crippen LogP contribution in [-0.4, -0.2) is 19.1 Å². The Morgan fingerprint density at radius 2 is 2.07 bits per heavy atom. The summed E-state index contributed by atoms with van der Waals surface area (Å²) < 4.78 is 0. The third-order valence-corrected chi connectivity index (χ3v) is 3.75. The van der Waals surface area contributed by atoms with E-state index >= 15 is 0 Å². The smallest absolute Gasteiger partial charge is 0.00721 e. The van der Waals surface area contributed by atoms with E-state index in [4.69, 9.17) is 5.73 Å². The van der Waals surface area contributed by atoms with E-state index in [0.29, 0.717) is 0 Å². The van der Waals surface area contributed by atoms with Gasteiger partial charge in [-0.15, -0.1) is 0 Å². The van der Waals surface area contributed by atoms with Crippen LogP contribution in [0.3, 0.4) is 0 Å². The molecule has 0 heterocycles. The highest BCUT2D eigenvalue weighted by Crippen LogP contribution is 2.26. The van der Waals surface area contributed by atoms with Crippen molar-refractivity contribution in [2.45, 2.75) is 58.4 Å². The molecule has 15 heavy (non-hydrogen) atoms. The second-order valence-electron chi connectivity index (χ2n) is 5.22. The number of rotatable bonds is 8. The maximum Gasteiger partial charge on any atom is 0.00721 e. The highest BCUT2D eigenvalue weighted by Gasteiger charge is 2.24. The van der Waals surface area contributed by atoms with Crippen molar-refractivity contribution in [1.82, 2.24) is 5.32 Å². The van der Waals surface area contributed by atoms with E-state index < -0.39 is 0 Å². The van der Waals surface area contributed by atoms with Gasteiger partial charge in [-0.1, -0.05) is 20.3 Å². The summed E-state index contributed by atoms with van der Waals surface area (Å²) in [5.74, 6) is 1.82. The van der Waals surface area contributed by atoms with E-state index in [9.17, 15) is 0 Å². The summed E-state index contributed by atoms with van der Waals surface area (Å²) in [7, 11) is 0. The predicted octanol–water partition coefficient (Wildman–Crippen LogP) is 2.53. The van der Waals surface area contributed by atoms with Crippen molar-refractivity contribution in [3.8, 4) is 0 Å². The zero-order valence-corrected chi connectivity index (χ0v) is 10.5. The van der Waals surface area contributed by atoms with Crippen LogP contribution in [0.2, 0.25) is 0 Å². The summed E-state index contributed by atoms with van der Waals surface area (Å²) in [6, 6.07) is 0.828. The molecule has 3 N–H and O–H groups in total. The Bertz CT molecular complexity index is 153. The normalized spacial score (nSPS) is 27.4. The van der Waals surface area contributed by atoms with Crippen molar-refractivity contribution in [2.24, 2.45) is 17.6 Å². The minimum absolute atomic E-state index is 0.828. The standard InChI is InChI=1S/C13H28N2/c1-3-12(6-7-14)5-4-8-15-13-9-11(2)10-13/h11-13,15H,3-10,14H2,1-2H3. The molecule has 1 aliphatic carbocycles. The minimum Gasteiger partial charge on any atom is -0.330 e. The van der Waals surface area contributed by atoms with Crippen molar-refractivity contribution in [1.29, 1.82) is 0 Å². The lowest BCUT2D eigenvalue weighted by molar-refractivity contribution is 0.239. The lowest BCUT2D eigenvalue weighted by Gasteiger charge is -2.33. The van der Waals surface area contributed by atoms with Gasteiger partial charge in [-0.3, -0.25) is 0 Å². The van der Waals surface area contributed by atoms with Crippen molar-refractivity contribution in [3.63, 3.8) is 0 Å². The molecule has 90 valence electrons. The molecule has 2 heteroatoms. The van der Waals surface area contributed by atoms with Gasteiger partial charge in [0.2, 0.25) is 0 Å². The van der Waals surface area contributed by atoms with Gasteiger partial charge in [0.25, 0.3) is 0 Å². The molecular weight excluding hydrogens is 184 g/mol. The van der Waals surface area contributed by atoms with Gasteiger partial charge in [-0.05, 0) is 57.0 Å². The first kappa shape index (κ1) is 13.0. The molecule has 0 radical (unpaired) electrons. The Morgan fingerprint density at radius 1 is 1.33 bits per heavy atom. The molecule has 0 aromatic carbocycles. The molecule has 2 nitrogen and oxygen atoms in total. The predicted molar refractivity (Wildman–Crippen MR) is 66.9 cm³/mol. The number of nitrogens with one attached hydrogen (secondary N) is 1. The first-order valence-electron chi connectivity index (χ1n) is 6.69. The summed E-state index contributed by atoms with van der Waals surface area (Å²) in [6.45, 7) is 6.68. The van der Waals surface area contributed by atoms with Crippen molar-refractivity contribution >= 4 is 0 Å². The fraction of sp³-hybridized carbons (Fsp3) is 1.00. The van der Waals surface area contributed by atoms with E-state index in [1.807, 2.05) is 0 Å². The molecule has 0 saturated heterocycles. The SMILES string of the molecule is CCC(CCN)CCCNC1CC(C)C1. The molecule has 0 aromatic rings. The Balaban J connectivity index is 1.91. The molecule has 0 aromatic heterocycles. The van der Waals surface area contributed by atoms with Gasteiger partial charge in [-0.2, -0.15) is 0 Å². The lowest BCUT2D eigenvalue weighted by atomic mass is 9.82. The topological polar surface area (TPSA) is 38.0 Å². The summed E-state index contributed by atoms with van der Waals surface area (Å²) in [5, 5.41) is 3.64. The minimum atomic E-state index is 0.828. The lowest BCUT2D eigenvalue weighted by Crippen LogP contribution is -2.40. The van der Waals surface area contributed by atoms with Gasteiger partial charge < -0.3 is 11.1 Å². The van der Waals surface area contributed by atoms with Gasteiger partial charge in [0.15, 0.2) is 0 Å². The van der Waals surface area contributed by atoms with Gasteiger partial charge >= 0.3 is 0 Å². The maximum atomic E-state index is 5.59. The molecule has 1 rings (SSSR count). The third-order valence-electron chi connectivity index (χ3n) is 3.75. The van der Waals surface area contributed by atoms with Crippen LogP contribution in [0.15, 0.2) is 0 Å². The van der Waals surface area contributed by atoms with E-state index in [1.165, 1.54) is 45.1 Å². The summed E-state index contributed by atoms with van der Waals surface area (Å²) in [4.78, 5) is 0. The molecular formula is C13H28N2. The van der Waals surface area contributed by atoms with E-state index in [1.54, 1.807) is 0 Å². The summed E-state index contributed by atoms with van der Waals surface area (Å²) >= 11 is 0. The molecule has 1 unspecified atom stereocenters. The Morgan fingerprint density at radius 3 is 2.60 bits per heavy atom. The van der Waals surface area contributed by atoms with Crippen LogP contribution in [-0.2, 0) is 0 Å². The average Bonchev–Trinajstić information content (AvgIpc) is 2.19. The quantitative estimate of drug-likeness (QED) is 0.607. The highest BCUT2D eigenvalue weighted by molar-refractivity contribution is 4.81. The molecule has 0 aliphatic heterocycles. The van der Waals surface area contributed by atoms with Crippen LogP contribution in [0.1, 0.15) is 52.4 Å². The molecule has 1 saturated carbocycles. The number of hydrogen-bond acceptors (Lipinski definition) is 2. The molecule has 0 bridgehead atoms. The van der Waals surface area contributed by atoms with Crippen LogP contribution >= 0.6 is 0 Å². The van der Waals surface area contributed by atoms with Crippen LogP contribution in [0.25, 0.3) is 0 Å². The average molecular weight is 212 g/mol. The fourth-order valence-electron chi connectivity index (χ4n) is 2.55. The van der Waals surface area contributed by atoms with Gasteiger partial charge in [0, 0.05) is 6.04 Å². The van der Waals surface area contributed by atoms with Crippen LogP contribution in [0, 0.1) is 11.8 Å². The molecule has 1 fully saturated rings. The summed E-state index contributed by atoms with van der Waals surface area (Å²) in [6.07, 6.45) is 7.95. The second-order valence-corrected chi connectivity index (χ2v) is 5.22. The molecule has 1 aliphatic rings. The Labute approximate surface area is 95.0 Å². The number of hydrogen-bond donors (Lipinski definition) is 2. The van der Waals surface area contributed by atoms with Crippen molar-refractivity contribution < 1.29 is 0 Å². The van der Waals surface area contributed by atoms with Crippen LogP contribution in [0.5, 0.6) is 0 Å². The first-order valence-corrected chi connectivity index (χ1v) is 6.69.